The van der Waals surface area contributed by atoms with Crippen LogP contribution in [0.1, 0.15) is 18.1 Å². The number of carbonyl (C=O) groups is 1. The van der Waals surface area contributed by atoms with Gasteiger partial charge in [-0.1, -0.05) is 18.2 Å². The van der Waals surface area contributed by atoms with Crippen molar-refractivity contribution in [2.75, 3.05) is 24.5 Å². The molecule has 0 aliphatic rings. The summed E-state index contributed by atoms with van der Waals surface area (Å²) in [5.41, 5.74) is 2.36. The molecule has 106 valence electrons. The third-order valence-electron chi connectivity index (χ3n) is 2.96. The Hall–Kier alpha value is -1.10. The summed E-state index contributed by atoms with van der Waals surface area (Å²) in [7, 11) is 1.59. The van der Waals surface area contributed by atoms with E-state index in [9.17, 15) is 9.90 Å². The lowest BCUT2D eigenvalue weighted by Crippen LogP contribution is -2.43. The first-order chi connectivity index (χ1) is 9.06. The molecule has 0 aliphatic heterocycles. The van der Waals surface area contributed by atoms with Crippen molar-refractivity contribution in [2.45, 2.75) is 26.5 Å². The van der Waals surface area contributed by atoms with Crippen LogP contribution in [-0.2, 0) is 16.1 Å². The molecule has 4 nitrogen and oxygen atoms in total. The quantitative estimate of drug-likeness (QED) is 0.814. The number of alkyl halides is 1. The van der Waals surface area contributed by atoms with Gasteiger partial charge in [0, 0.05) is 12.7 Å². The second-order valence-electron chi connectivity index (χ2n) is 4.44. The first kappa shape index (κ1) is 16.0. The number of anilines is 1. The fourth-order valence-electron chi connectivity index (χ4n) is 2.16. The summed E-state index contributed by atoms with van der Waals surface area (Å²) >= 11 is 5.69. The van der Waals surface area contributed by atoms with Gasteiger partial charge in [-0.2, -0.15) is 0 Å². The second kappa shape index (κ2) is 7.48. The van der Waals surface area contributed by atoms with E-state index in [0.717, 1.165) is 11.3 Å². The summed E-state index contributed by atoms with van der Waals surface area (Å²) < 4.78 is 5.11. The molecule has 0 aliphatic carbocycles. The van der Waals surface area contributed by atoms with Gasteiger partial charge >= 0.3 is 0 Å². The lowest BCUT2D eigenvalue weighted by Gasteiger charge is -2.31. The first-order valence-electron chi connectivity index (χ1n) is 6.13. The van der Waals surface area contributed by atoms with Gasteiger partial charge in [0.1, 0.15) is 5.88 Å². The van der Waals surface area contributed by atoms with E-state index >= 15 is 0 Å². The number of ether oxygens (including phenoxy) is 1. The minimum Gasteiger partial charge on any atom is -0.392 e. The third-order valence-corrected chi connectivity index (χ3v) is 3.19. The molecule has 0 aromatic heterocycles. The highest BCUT2D eigenvalue weighted by Crippen LogP contribution is 2.27. The van der Waals surface area contributed by atoms with Gasteiger partial charge in [0.25, 0.3) is 0 Å². The zero-order valence-electron chi connectivity index (χ0n) is 11.5. The number of halogens is 1. The van der Waals surface area contributed by atoms with Crippen LogP contribution in [0.25, 0.3) is 0 Å². The Morgan fingerprint density at radius 3 is 2.74 bits per heavy atom. The highest BCUT2D eigenvalue weighted by atomic mass is 35.5. The number of para-hydroxylation sites is 1. The zero-order valence-corrected chi connectivity index (χ0v) is 12.3. The van der Waals surface area contributed by atoms with E-state index in [1.54, 1.807) is 18.1 Å². The molecule has 5 heteroatoms. The average Bonchev–Trinajstić information content (AvgIpc) is 2.40. The fourth-order valence-corrected chi connectivity index (χ4v) is 2.29. The Morgan fingerprint density at radius 2 is 2.21 bits per heavy atom. The second-order valence-corrected chi connectivity index (χ2v) is 4.71. The van der Waals surface area contributed by atoms with Gasteiger partial charge in [-0.15, -0.1) is 11.6 Å². The van der Waals surface area contributed by atoms with E-state index < -0.39 is 0 Å². The molecule has 0 spiro atoms. The minimum atomic E-state index is -0.199. The first-order valence-corrected chi connectivity index (χ1v) is 6.66. The number of aliphatic hydroxyl groups is 1. The molecule has 1 unspecified atom stereocenters. The van der Waals surface area contributed by atoms with Gasteiger partial charge in [0.15, 0.2) is 0 Å². The normalized spacial score (nSPS) is 12.3. The predicted octanol–water partition coefficient (Wildman–Crippen LogP) is 2.09. The molecule has 0 fully saturated rings. The Labute approximate surface area is 118 Å². The van der Waals surface area contributed by atoms with Crippen molar-refractivity contribution in [1.82, 2.24) is 0 Å². The Bertz CT molecular complexity index is 437. The maximum absolute atomic E-state index is 12.1. The molecule has 1 N–H and O–H groups in total. The maximum Gasteiger partial charge on any atom is 0.242 e. The van der Waals surface area contributed by atoms with Gasteiger partial charge < -0.3 is 14.7 Å². The molecule has 0 heterocycles. The summed E-state index contributed by atoms with van der Waals surface area (Å²) in [6.45, 7) is 4.08. The van der Waals surface area contributed by atoms with Crippen LogP contribution in [0, 0.1) is 6.92 Å². The van der Waals surface area contributed by atoms with E-state index in [-0.39, 0.29) is 24.4 Å². The molecule has 0 saturated carbocycles. The summed E-state index contributed by atoms with van der Waals surface area (Å²) in [4.78, 5) is 13.7. The number of amides is 1. The lowest BCUT2D eigenvalue weighted by molar-refractivity contribution is -0.116. The molecule has 1 aromatic rings. The SMILES string of the molecule is COCC(C)N(C(=O)CCl)c1c(C)cccc1CO. The smallest absolute Gasteiger partial charge is 0.242 e. The van der Waals surface area contributed by atoms with Gasteiger partial charge in [0.2, 0.25) is 5.91 Å². The predicted molar refractivity (Wildman–Crippen MR) is 76.6 cm³/mol. The van der Waals surface area contributed by atoms with Crippen molar-refractivity contribution in [2.24, 2.45) is 0 Å². The molecular weight excluding hydrogens is 266 g/mol. The lowest BCUT2D eigenvalue weighted by atomic mass is 10.1. The number of aryl methyl sites for hydroxylation is 1. The van der Waals surface area contributed by atoms with E-state index in [0.29, 0.717) is 12.2 Å². The van der Waals surface area contributed by atoms with Crippen molar-refractivity contribution in [3.05, 3.63) is 29.3 Å². The number of hydrogen-bond acceptors (Lipinski definition) is 3. The third kappa shape index (κ3) is 3.69. The van der Waals surface area contributed by atoms with Crippen molar-refractivity contribution in [3.8, 4) is 0 Å². The van der Waals surface area contributed by atoms with Crippen LogP contribution < -0.4 is 4.90 Å². The Balaban J connectivity index is 3.28. The number of aliphatic hydroxyl groups excluding tert-OH is 1. The van der Waals surface area contributed by atoms with E-state index in [1.165, 1.54) is 0 Å². The standard InChI is InChI=1S/C14H20ClNO3/c1-10-5-4-6-12(8-17)14(10)16(13(18)7-15)11(2)9-19-3/h4-6,11,17H,7-9H2,1-3H3. The molecule has 1 atom stereocenters. The molecule has 0 radical (unpaired) electrons. The number of nitrogens with zero attached hydrogens (tertiary/aromatic N) is 1. The minimum absolute atomic E-state index is 0.104. The average molecular weight is 286 g/mol. The summed E-state index contributed by atoms with van der Waals surface area (Å²) in [5.74, 6) is -0.303. The number of benzene rings is 1. The molecule has 1 aromatic carbocycles. The maximum atomic E-state index is 12.1. The van der Waals surface area contributed by atoms with Crippen molar-refractivity contribution >= 4 is 23.2 Å². The molecule has 1 rings (SSSR count). The molecular formula is C14H20ClNO3. The van der Waals surface area contributed by atoms with Crippen LogP contribution in [0.2, 0.25) is 0 Å². The van der Waals surface area contributed by atoms with Crippen molar-refractivity contribution in [1.29, 1.82) is 0 Å². The van der Waals surface area contributed by atoms with Crippen LogP contribution >= 0.6 is 11.6 Å². The summed E-state index contributed by atoms with van der Waals surface area (Å²) in [6.07, 6.45) is 0. The van der Waals surface area contributed by atoms with Crippen molar-refractivity contribution < 1.29 is 14.6 Å². The summed E-state index contributed by atoms with van der Waals surface area (Å²) in [5, 5.41) is 9.46. The number of rotatable bonds is 6. The van der Waals surface area contributed by atoms with Gasteiger partial charge in [-0.3, -0.25) is 4.79 Å². The topological polar surface area (TPSA) is 49.8 Å². The highest BCUT2D eigenvalue weighted by Gasteiger charge is 2.24. The van der Waals surface area contributed by atoms with Crippen LogP contribution in [0.5, 0.6) is 0 Å². The number of methoxy groups -OCH3 is 1. The molecule has 0 saturated heterocycles. The number of hydrogen-bond donors (Lipinski definition) is 1. The van der Waals surface area contributed by atoms with Gasteiger partial charge in [0.05, 0.1) is 24.9 Å². The van der Waals surface area contributed by atoms with E-state index in [2.05, 4.69) is 0 Å². The van der Waals surface area contributed by atoms with Crippen LogP contribution in [0.15, 0.2) is 18.2 Å². The Morgan fingerprint density at radius 1 is 1.53 bits per heavy atom. The highest BCUT2D eigenvalue weighted by molar-refractivity contribution is 6.29. The Kier molecular flexibility index (Phi) is 6.28. The van der Waals surface area contributed by atoms with Gasteiger partial charge in [-0.05, 0) is 19.4 Å². The molecule has 0 bridgehead atoms. The van der Waals surface area contributed by atoms with Crippen LogP contribution in [0.3, 0.4) is 0 Å². The van der Waals surface area contributed by atoms with Crippen LogP contribution in [0.4, 0.5) is 5.69 Å². The van der Waals surface area contributed by atoms with Crippen LogP contribution in [-0.4, -0.2) is 36.7 Å². The molecule has 1 amide bonds. The largest absolute Gasteiger partial charge is 0.392 e. The van der Waals surface area contributed by atoms with E-state index in [1.807, 2.05) is 26.0 Å². The van der Waals surface area contributed by atoms with Gasteiger partial charge in [-0.25, -0.2) is 0 Å². The van der Waals surface area contributed by atoms with Crippen molar-refractivity contribution in [3.63, 3.8) is 0 Å². The fraction of sp³-hybridized carbons (Fsp3) is 0.500. The number of carbonyl (C=O) groups excluding carboxylic acids is 1. The summed E-state index contributed by atoms with van der Waals surface area (Å²) in [6, 6.07) is 5.41. The monoisotopic (exact) mass is 285 g/mol. The molecule has 19 heavy (non-hydrogen) atoms. The zero-order chi connectivity index (χ0) is 14.4. The van der Waals surface area contributed by atoms with E-state index in [4.69, 9.17) is 16.3 Å².